The van der Waals surface area contributed by atoms with Gasteiger partial charge in [0.15, 0.2) is 5.82 Å². The Morgan fingerprint density at radius 3 is 2.34 bits per heavy atom. The molecule has 12 heteroatoms. The van der Waals surface area contributed by atoms with Crippen molar-refractivity contribution >= 4 is 22.8 Å². The first-order valence-corrected chi connectivity index (χ1v) is 14.5. The second-order valence-electron chi connectivity index (χ2n) is 10.7. The highest BCUT2D eigenvalue weighted by Crippen LogP contribution is 2.31. The van der Waals surface area contributed by atoms with Crippen LogP contribution in [0.25, 0.3) is 16.9 Å². The number of halogens is 2. The van der Waals surface area contributed by atoms with Gasteiger partial charge in [-0.3, -0.25) is 9.47 Å². The van der Waals surface area contributed by atoms with Gasteiger partial charge in [0, 0.05) is 59.1 Å². The Hall–Kier alpha value is -2.93. The van der Waals surface area contributed by atoms with Crippen LogP contribution in [0.5, 0.6) is 0 Å². The summed E-state index contributed by atoms with van der Waals surface area (Å²) < 4.78 is 45.9. The number of nitrogens with zero attached hydrogens (tertiary/aromatic N) is 6. The van der Waals surface area contributed by atoms with Gasteiger partial charge in [-0.15, -0.1) is 0 Å². The maximum atomic E-state index is 14.1. The standard InChI is InChI=1S/C29H41F2N7O3/c1-39-15-11-36(12-16-40-2)22-9-7-21(8-10-22)20-32-29-34-25(37-13-17-41-18-14-37)19-26(35-29)38-24-6-4-3-5-23(24)33-28(38)27(30)31/h3-6,19,21-22,27H,7-18,20H2,1-2H3,(H,32,34,35)/t21-,22-. The van der Waals surface area contributed by atoms with Gasteiger partial charge in [0.25, 0.3) is 6.43 Å². The zero-order valence-corrected chi connectivity index (χ0v) is 24.0. The van der Waals surface area contributed by atoms with Gasteiger partial charge < -0.3 is 24.4 Å². The lowest BCUT2D eigenvalue weighted by Crippen LogP contribution is -2.42. The molecule has 0 bridgehead atoms. The number of nitrogens with one attached hydrogen (secondary N) is 1. The molecule has 3 aromatic rings. The van der Waals surface area contributed by atoms with Crippen LogP contribution >= 0.6 is 0 Å². The van der Waals surface area contributed by atoms with E-state index in [1.54, 1.807) is 38.5 Å². The lowest BCUT2D eigenvalue weighted by molar-refractivity contribution is 0.0679. The molecule has 0 amide bonds. The average molecular weight is 574 g/mol. The minimum Gasteiger partial charge on any atom is -0.383 e. The molecule has 1 aliphatic carbocycles. The molecule has 1 saturated carbocycles. The van der Waals surface area contributed by atoms with E-state index in [2.05, 4.69) is 20.1 Å². The molecule has 5 rings (SSSR count). The maximum Gasteiger partial charge on any atom is 0.296 e. The Labute approximate surface area is 240 Å². The number of anilines is 2. The average Bonchev–Trinajstić information content (AvgIpc) is 3.41. The monoisotopic (exact) mass is 573 g/mol. The van der Waals surface area contributed by atoms with E-state index in [1.807, 2.05) is 6.07 Å². The number of alkyl halides is 2. The Balaban J connectivity index is 1.33. The summed E-state index contributed by atoms with van der Waals surface area (Å²) in [6, 6.07) is 9.44. The van der Waals surface area contributed by atoms with Crippen molar-refractivity contribution in [3.05, 3.63) is 36.2 Å². The number of rotatable bonds is 13. The third kappa shape index (κ3) is 7.29. The molecule has 1 N–H and O–H groups in total. The molecule has 224 valence electrons. The molecular weight excluding hydrogens is 532 g/mol. The number of morpholine rings is 1. The highest BCUT2D eigenvalue weighted by molar-refractivity contribution is 5.78. The predicted octanol–water partition coefficient (Wildman–Crippen LogP) is 4.16. The van der Waals surface area contributed by atoms with Gasteiger partial charge in [-0.2, -0.15) is 9.97 Å². The van der Waals surface area contributed by atoms with E-state index in [0.717, 1.165) is 45.3 Å². The van der Waals surface area contributed by atoms with Crippen molar-refractivity contribution in [1.29, 1.82) is 0 Å². The fourth-order valence-corrected chi connectivity index (χ4v) is 5.85. The third-order valence-corrected chi connectivity index (χ3v) is 8.09. The first-order valence-electron chi connectivity index (χ1n) is 14.5. The van der Waals surface area contributed by atoms with E-state index in [4.69, 9.17) is 24.2 Å². The summed E-state index contributed by atoms with van der Waals surface area (Å²) in [5.41, 5.74) is 1.09. The van der Waals surface area contributed by atoms with Crippen LogP contribution in [-0.2, 0) is 14.2 Å². The van der Waals surface area contributed by atoms with E-state index in [1.165, 1.54) is 4.57 Å². The Bertz CT molecular complexity index is 1240. The van der Waals surface area contributed by atoms with Crippen LogP contribution in [0.2, 0.25) is 0 Å². The van der Waals surface area contributed by atoms with Crippen LogP contribution < -0.4 is 10.2 Å². The topological polar surface area (TPSA) is 89.8 Å². The number of fused-ring (bicyclic) bond motifs is 1. The summed E-state index contributed by atoms with van der Waals surface area (Å²) in [6.07, 6.45) is 1.65. The molecule has 0 radical (unpaired) electrons. The van der Waals surface area contributed by atoms with Crippen LogP contribution in [0.3, 0.4) is 0 Å². The van der Waals surface area contributed by atoms with Crippen LogP contribution in [0.1, 0.15) is 37.9 Å². The Morgan fingerprint density at radius 2 is 1.66 bits per heavy atom. The predicted molar refractivity (Wildman–Crippen MR) is 154 cm³/mol. The van der Waals surface area contributed by atoms with Crippen LogP contribution in [0, 0.1) is 5.92 Å². The Morgan fingerprint density at radius 1 is 0.976 bits per heavy atom. The molecule has 1 aliphatic heterocycles. The number of para-hydroxylation sites is 2. The van der Waals surface area contributed by atoms with E-state index < -0.39 is 6.43 Å². The summed E-state index contributed by atoms with van der Waals surface area (Å²) in [5.74, 6) is 1.65. The van der Waals surface area contributed by atoms with Gasteiger partial charge in [-0.25, -0.2) is 13.8 Å². The highest BCUT2D eigenvalue weighted by Gasteiger charge is 2.27. The molecule has 3 heterocycles. The molecule has 41 heavy (non-hydrogen) atoms. The fraction of sp³-hybridized carbons (Fsp3) is 0.621. The van der Waals surface area contributed by atoms with Crippen molar-refractivity contribution in [3.63, 3.8) is 0 Å². The number of hydrogen-bond donors (Lipinski definition) is 1. The number of imidazole rings is 1. The first-order chi connectivity index (χ1) is 20.1. The largest absolute Gasteiger partial charge is 0.383 e. The third-order valence-electron chi connectivity index (χ3n) is 8.09. The molecule has 0 unspecified atom stereocenters. The van der Waals surface area contributed by atoms with E-state index >= 15 is 0 Å². The van der Waals surface area contributed by atoms with Gasteiger partial charge >= 0.3 is 0 Å². The van der Waals surface area contributed by atoms with Crippen molar-refractivity contribution < 1.29 is 23.0 Å². The zero-order valence-electron chi connectivity index (χ0n) is 24.0. The summed E-state index contributed by atoms with van der Waals surface area (Å²) in [5, 5.41) is 3.45. The second-order valence-corrected chi connectivity index (χ2v) is 10.7. The van der Waals surface area contributed by atoms with Crippen molar-refractivity contribution in [2.45, 2.75) is 38.2 Å². The smallest absolute Gasteiger partial charge is 0.296 e. The summed E-state index contributed by atoms with van der Waals surface area (Å²) in [7, 11) is 3.48. The first kappa shape index (κ1) is 29.6. The summed E-state index contributed by atoms with van der Waals surface area (Å²) >= 11 is 0. The second kappa shape index (κ2) is 14.3. The van der Waals surface area contributed by atoms with Gasteiger partial charge in [0.2, 0.25) is 5.95 Å². The maximum absolute atomic E-state index is 14.1. The van der Waals surface area contributed by atoms with E-state index in [-0.39, 0.29) is 5.82 Å². The normalized spacial score (nSPS) is 19.9. The fourth-order valence-electron chi connectivity index (χ4n) is 5.85. The molecule has 2 aromatic heterocycles. The molecule has 0 atom stereocenters. The molecule has 0 spiro atoms. The minimum atomic E-state index is -2.75. The lowest BCUT2D eigenvalue weighted by Gasteiger charge is -2.37. The van der Waals surface area contributed by atoms with Gasteiger partial charge in [0.1, 0.15) is 11.6 Å². The van der Waals surface area contributed by atoms with E-state index in [9.17, 15) is 8.78 Å². The van der Waals surface area contributed by atoms with Crippen molar-refractivity contribution in [3.8, 4) is 5.82 Å². The molecule has 2 fully saturated rings. The lowest BCUT2D eigenvalue weighted by atomic mass is 9.85. The minimum absolute atomic E-state index is 0.325. The number of aromatic nitrogens is 4. The quantitative estimate of drug-likeness (QED) is 0.324. The van der Waals surface area contributed by atoms with Crippen LogP contribution in [0.4, 0.5) is 20.5 Å². The summed E-state index contributed by atoms with van der Waals surface area (Å²) in [4.78, 5) is 18.3. The van der Waals surface area contributed by atoms with Gasteiger partial charge in [0.05, 0.1) is 37.5 Å². The number of benzene rings is 1. The van der Waals surface area contributed by atoms with Gasteiger partial charge in [-0.1, -0.05) is 12.1 Å². The number of methoxy groups -OCH3 is 2. The van der Waals surface area contributed by atoms with Crippen LogP contribution in [-0.4, -0.2) is 104 Å². The van der Waals surface area contributed by atoms with Crippen molar-refractivity contribution in [2.75, 3.05) is 83.6 Å². The molecular formula is C29H41F2N7O3. The highest BCUT2D eigenvalue weighted by atomic mass is 19.3. The van der Waals surface area contributed by atoms with Gasteiger partial charge in [-0.05, 0) is 43.7 Å². The van der Waals surface area contributed by atoms with E-state index in [0.29, 0.717) is 80.1 Å². The Kier molecular flexibility index (Phi) is 10.3. The number of hydrogen-bond acceptors (Lipinski definition) is 9. The number of ether oxygens (including phenoxy) is 3. The molecule has 2 aliphatic rings. The van der Waals surface area contributed by atoms with Crippen molar-refractivity contribution in [1.82, 2.24) is 24.4 Å². The zero-order chi connectivity index (χ0) is 28.6. The molecule has 10 nitrogen and oxygen atoms in total. The molecule has 1 saturated heterocycles. The van der Waals surface area contributed by atoms with Crippen molar-refractivity contribution in [2.24, 2.45) is 5.92 Å². The molecule has 1 aromatic carbocycles. The van der Waals surface area contributed by atoms with Crippen LogP contribution in [0.15, 0.2) is 30.3 Å². The SMILES string of the molecule is COCCN(CCOC)[C@H]1CC[C@H](CNc2nc(N3CCOCC3)cc(-n3c(C(F)F)nc4ccccc43)n2)CC1. The summed E-state index contributed by atoms with van der Waals surface area (Å²) in [6.45, 7) is 6.49.